The lowest BCUT2D eigenvalue weighted by atomic mass is 10.1. The Hall–Kier alpha value is -1.69. The maximum absolute atomic E-state index is 12.8. The van der Waals surface area contributed by atoms with Crippen LogP contribution in [0.15, 0.2) is 46.9 Å². The van der Waals surface area contributed by atoms with Crippen molar-refractivity contribution in [3.8, 4) is 5.75 Å². The molecule has 21 heavy (non-hydrogen) atoms. The number of halogens is 4. The second-order valence-electron chi connectivity index (χ2n) is 4.68. The van der Waals surface area contributed by atoms with Crippen LogP contribution in [-0.2, 0) is 6.18 Å². The van der Waals surface area contributed by atoms with Gasteiger partial charge < -0.3 is 10.4 Å². The number of rotatable bonds is 3. The van der Waals surface area contributed by atoms with Crippen molar-refractivity contribution in [2.24, 2.45) is 0 Å². The first-order chi connectivity index (χ1) is 9.75. The van der Waals surface area contributed by atoms with Crippen molar-refractivity contribution in [3.63, 3.8) is 0 Å². The van der Waals surface area contributed by atoms with Crippen molar-refractivity contribution in [2.75, 3.05) is 5.32 Å². The summed E-state index contributed by atoms with van der Waals surface area (Å²) in [5.41, 5.74) is 0.524. The minimum absolute atomic E-state index is 0.146. The van der Waals surface area contributed by atoms with Crippen LogP contribution in [0.25, 0.3) is 0 Å². The zero-order chi connectivity index (χ0) is 15.6. The molecule has 0 aliphatic heterocycles. The number of benzene rings is 2. The molecule has 2 N–H and O–H groups in total. The molecule has 0 radical (unpaired) electrons. The van der Waals surface area contributed by atoms with E-state index in [9.17, 15) is 18.3 Å². The van der Waals surface area contributed by atoms with Gasteiger partial charge in [-0.3, -0.25) is 0 Å². The number of hydrogen-bond acceptors (Lipinski definition) is 2. The molecule has 0 spiro atoms. The van der Waals surface area contributed by atoms with E-state index in [1.54, 1.807) is 18.2 Å². The molecule has 0 aliphatic carbocycles. The van der Waals surface area contributed by atoms with Gasteiger partial charge in [0.1, 0.15) is 5.75 Å². The van der Waals surface area contributed by atoms with Crippen LogP contribution in [0.5, 0.6) is 5.75 Å². The van der Waals surface area contributed by atoms with E-state index in [4.69, 9.17) is 0 Å². The summed E-state index contributed by atoms with van der Waals surface area (Å²) in [6, 6.07) is 10.0. The van der Waals surface area contributed by atoms with Crippen molar-refractivity contribution in [1.82, 2.24) is 0 Å². The molecule has 1 atom stereocenters. The first-order valence-corrected chi connectivity index (χ1v) is 6.98. The number of anilines is 1. The van der Waals surface area contributed by atoms with E-state index < -0.39 is 11.7 Å². The Bertz CT molecular complexity index is 626. The molecule has 6 heteroatoms. The van der Waals surface area contributed by atoms with Gasteiger partial charge in [0.05, 0.1) is 5.56 Å². The predicted molar refractivity (Wildman–Crippen MR) is 79.3 cm³/mol. The molecule has 0 bridgehead atoms. The summed E-state index contributed by atoms with van der Waals surface area (Å²) in [5.74, 6) is 0.146. The second-order valence-corrected chi connectivity index (χ2v) is 5.60. The molecule has 1 unspecified atom stereocenters. The quantitative estimate of drug-likeness (QED) is 0.774. The molecular weight excluding hydrogens is 347 g/mol. The summed E-state index contributed by atoms with van der Waals surface area (Å²) >= 11 is 3.09. The largest absolute Gasteiger partial charge is 0.508 e. The van der Waals surface area contributed by atoms with E-state index in [0.717, 1.165) is 17.7 Å². The fourth-order valence-electron chi connectivity index (χ4n) is 1.93. The Kier molecular flexibility index (Phi) is 4.46. The van der Waals surface area contributed by atoms with Crippen molar-refractivity contribution >= 4 is 21.6 Å². The van der Waals surface area contributed by atoms with Gasteiger partial charge in [-0.25, -0.2) is 0 Å². The number of nitrogens with one attached hydrogen (secondary N) is 1. The Morgan fingerprint density at radius 3 is 2.29 bits per heavy atom. The van der Waals surface area contributed by atoms with Gasteiger partial charge in [-0.2, -0.15) is 13.2 Å². The summed E-state index contributed by atoms with van der Waals surface area (Å²) in [6.45, 7) is 1.83. The normalized spacial score (nSPS) is 13.0. The SMILES string of the molecule is CC(Nc1cc(Br)cc(C(F)(F)F)c1)c1ccc(O)cc1. The monoisotopic (exact) mass is 359 g/mol. The average Bonchev–Trinajstić information content (AvgIpc) is 2.37. The highest BCUT2D eigenvalue weighted by Crippen LogP contribution is 2.34. The molecule has 2 aromatic carbocycles. The molecule has 0 fully saturated rings. The topological polar surface area (TPSA) is 32.3 Å². The van der Waals surface area contributed by atoms with E-state index in [2.05, 4.69) is 21.2 Å². The Balaban J connectivity index is 2.23. The van der Waals surface area contributed by atoms with E-state index in [1.165, 1.54) is 12.1 Å². The van der Waals surface area contributed by atoms with Crippen molar-refractivity contribution in [1.29, 1.82) is 0 Å². The first-order valence-electron chi connectivity index (χ1n) is 6.19. The predicted octanol–water partition coefficient (Wildman–Crippen LogP) is 5.35. The van der Waals surface area contributed by atoms with Crippen LogP contribution in [0.2, 0.25) is 0 Å². The lowest BCUT2D eigenvalue weighted by molar-refractivity contribution is -0.137. The van der Waals surface area contributed by atoms with E-state index in [1.807, 2.05) is 6.92 Å². The summed E-state index contributed by atoms with van der Waals surface area (Å²) in [7, 11) is 0. The van der Waals surface area contributed by atoms with Gasteiger partial charge in [0.2, 0.25) is 0 Å². The van der Waals surface area contributed by atoms with Crippen LogP contribution < -0.4 is 5.32 Å². The minimum Gasteiger partial charge on any atom is -0.508 e. The van der Waals surface area contributed by atoms with Gasteiger partial charge in [-0.1, -0.05) is 28.1 Å². The number of phenols is 1. The maximum atomic E-state index is 12.8. The van der Waals surface area contributed by atoms with E-state index in [-0.39, 0.29) is 11.8 Å². The lowest BCUT2D eigenvalue weighted by Crippen LogP contribution is -2.09. The van der Waals surface area contributed by atoms with E-state index >= 15 is 0 Å². The van der Waals surface area contributed by atoms with Crippen molar-refractivity contribution in [3.05, 3.63) is 58.1 Å². The molecule has 0 aliphatic rings. The molecular formula is C15H13BrF3NO. The van der Waals surface area contributed by atoms with Gasteiger partial charge in [0.15, 0.2) is 0 Å². The Morgan fingerprint density at radius 2 is 1.71 bits per heavy atom. The fraction of sp³-hybridized carbons (Fsp3) is 0.200. The van der Waals surface area contributed by atoms with Crippen LogP contribution >= 0.6 is 15.9 Å². The molecule has 2 aromatic rings. The molecule has 112 valence electrons. The highest BCUT2D eigenvalue weighted by molar-refractivity contribution is 9.10. The molecule has 2 rings (SSSR count). The Morgan fingerprint density at radius 1 is 1.10 bits per heavy atom. The Labute approximate surface area is 128 Å². The maximum Gasteiger partial charge on any atom is 0.416 e. The molecule has 0 saturated carbocycles. The first kappa shape index (κ1) is 15.7. The van der Waals surface area contributed by atoms with Gasteiger partial charge in [0.25, 0.3) is 0 Å². The van der Waals surface area contributed by atoms with Crippen LogP contribution in [0.3, 0.4) is 0 Å². The molecule has 0 aromatic heterocycles. The lowest BCUT2D eigenvalue weighted by Gasteiger charge is -2.17. The zero-order valence-corrected chi connectivity index (χ0v) is 12.7. The van der Waals surface area contributed by atoms with Crippen LogP contribution in [-0.4, -0.2) is 5.11 Å². The van der Waals surface area contributed by atoms with Gasteiger partial charge in [-0.15, -0.1) is 0 Å². The number of aromatic hydroxyl groups is 1. The fourth-order valence-corrected chi connectivity index (χ4v) is 2.43. The number of alkyl halides is 3. The standard InChI is InChI=1S/C15H13BrF3NO/c1-9(10-2-4-14(21)5-3-10)20-13-7-11(15(17,18)19)6-12(16)8-13/h2-9,20-21H,1H3. The summed E-state index contributed by atoms with van der Waals surface area (Å²) in [6.07, 6.45) is -4.39. The smallest absolute Gasteiger partial charge is 0.416 e. The van der Waals surface area contributed by atoms with Gasteiger partial charge >= 0.3 is 6.18 Å². The third-order valence-electron chi connectivity index (χ3n) is 3.00. The van der Waals surface area contributed by atoms with Crippen molar-refractivity contribution < 1.29 is 18.3 Å². The molecule has 0 amide bonds. The van der Waals surface area contributed by atoms with Gasteiger partial charge in [-0.05, 0) is 42.8 Å². The third kappa shape index (κ3) is 4.14. The van der Waals surface area contributed by atoms with Crippen LogP contribution in [0.1, 0.15) is 24.1 Å². The summed E-state index contributed by atoms with van der Waals surface area (Å²) in [4.78, 5) is 0. The third-order valence-corrected chi connectivity index (χ3v) is 3.46. The number of phenolic OH excluding ortho intramolecular Hbond substituents is 1. The second kappa shape index (κ2) is 5.97. The van der Waals surface area contributed by atoms with E-state index in [0.29, 0.717) is 10.2 Å². The van der Waals surface area contributed by atoms with Crippen molar-refractivity contribution in [2.45, 2.75) is 19.1 Å². The number of hydrogen-bond donors (Lipinski definition) is 2. The van der Waals surface area contributed by atoms with Gasteiger partial charge in [0, 0.05) is 16.2 Å². The van der Waals surface area contributed by atoms with Crippen LogP contribution in [0.4, 0.5) is 18.9 Å². The van der Waals surface area contributed by atoms with Crippen LogP contribution in [0, 0.1) is 0 Å². The molecule has 0 heterocycles. The highest BCUT2D eigenvalue weighted by Gasteiger charge is 2.31. The molecule has 0 saturated heterocycles. The minimum atomic E-state index is -4.39. The highest BCUT2D eigenvalue weighted by atomic mass is 79.9. The zero-order valence-electron chi connectivity index (χ0n) is 11.1. The average molecular weight is 360 g/mol. The summed E-state index contributed by atoms with van der Waals surface area (Å²) < 4.78 is 38.7. The summed E-state index contributed by atoms with van der Waals surface area (Å²) in [5, 5.41) is 12.3. The molecule has 2 nitrogen and oxygen atoms in total.